The van der Waals surface area contributed by atoms with Gasteiger partial charge in [0.1, 0.15) is 11.6 Å². The van der Waals surface area contributed by atoms with Crippen molar-refractivity contribution in [3.8, 4) is 5.69 Å². The van der Waals surface area contributed by atoms with Gasteiger partial charge in [-0.15, -0.1) is 0 Å². The van der Waals surface area contributed by atoms with Crippen molar-refractivity contribution in [3.05, 3.63) is 62.5 Å². The first kappa shape index (κ1) is 23.1. The van der Waals surface area contributed by atoms with E-state index in [1.165, 1.54) is 29.5 Å². The van der Waals surface area contributed by atoms with Crippen LogP contribution < -0.4 is 10.9 Å². The minimum Gasteiger partial charge on any atom is -0.467 e. The lowest BCUT2D eigenvalue weighted by Crippen LogP contribution is -2.44. The molecule has 1 amide bonds. The van der Waals surface area contributed by atoms with Crippen molar-refractivity contribution in [3.63, 3.8) is 0 Å². The van der Waals surface area contributed by atoms with Crippen LogP contribution in [0.5, 0.6) is 0 Å². The third-order valence-corrected chi connectivity index (χ3v) is 6.05. The minimum atomic E-state index is -0.889. The summed E-state index contributed by atoms with van der Waals surface area (Å²) in [6, 6.07) is 7.08. The van der Waals surface area contributed by atoms with Gasteiger partial charge in [0.25, 0.3) is 11.5 Å². The molecular formula is C22H23ClN2O5S. The predicted molar refractivity (Wildman–Crippen MR) is 121 cm³/mol. The molecule has 0 spiro atoms. The average Bonchev–Trinajstić information content (AvgIpc) is 2.76. The molecule has 0 saturated carbocycles. The number of amides is 1. The zero-order valence-electron chi connectivity index (χ0n) is 17.3. The lowest BCUT2D eigenvalue weighted by Gasteiger charge is -2.22. The Hall–Kier alpha value is -2.58. The van der Waals surface area contributed by atoms with Crippen LogP contribution in [0.3, 0.4) is 0 Å². The van der Waals surface area contributed by atoms with Crippen LogP contribution in [0.4, 0.5) is 0 Å². The Labute approximate surface area is 189 Å². The Morgan fingerprint density at radius 3 is 2.58 bits per heavy atom. The molecule has 0 saturated heterocycles. The first-order chi connectivity index (χ1) is 14.9. The zero-order chi connectivity index (χ0) is 22.5. The number of methoxy groups -OCH3 is 1. The zero-order valence-corrected chi connectivity index (χ0v) is 18.8. The summed E-state index contributed by atoms with van der Waals surface area (Å²) in [4.78, 5) is 51.0. The smallest absolute Gasteiger partial charge is 0.328 e. The molecule has 0 aliphatic heterocycles. The molecule has 0 radical (unpaired) electrons. The SMILES string of the molecule is COC(=O)C(CCSC)NC(=O)c1cc2c(n(-c3ccc(Cl)cc3)c1=O)CCCC2=O. The third kappa shape index (κ3) is 5.02. The number of rotatable bonds is 7. The molecule has 1 aromatic heterocycles. The van der Waals surface area contributed by atoms with Gasteiger partial charge in [-0.1, -0.05) is 11.6 Å². The molecule has 0 fully saturated rings. The summed E-state index contributed by atoms with van der Waals surface area (Å²) >= 11 is 7.50. The van der Waals surface area contributed by atoms with Crippen LogP contribution in [-0.2, 0) is 16.0 Å². The Morgan fingerprint density at radius 2 is 1.94 bits per heavy atom. The number of halogens is 1. The van der Waals surface area contributed by atoms with Gasteiger partial charge in [0.05, 0.1) is 7.11 Å². The number of pyridine rings is 1. The summed E-state index contributed by atoms with van der Waals surface area (Å²) in [5, 5.41) is 3.10. The standard InChI is InChI=1S/C22H23ClN2O5S/c1-30-22(29)17(10-11-31-2)24-20(27)16-12-15-18(4-3-5-19(15)26)25(21(16)28)14-8-6-13(23)7-9-14/h6-9,12,17H,3-5,10-11H2,1-2H3,(H,24,27). The summed E-state index contributed by atoms with van der Waals surface area (Å²) in [5.74, 6) is -0.803. The average molecular weight is 463 g/mol. The number of nitrogens with zero attached hydrogens (tertiary/aromatic N) is 1. The van der Waals surface area contributed by atoms with Crippen molar-refractivity contribution < 1.29 is 19.1 Å². The van der Waals surface area contributed by atoms with E-state index in [1.807, 2.05) is 6.26 Å². The topological polar surface area (TPSA) is 94.5 Å². The maximum atomic E-state index is 13.3. The molecule has 164 valence electrons. The number of benzene rings is 1. The van der Waals surface area contributed by atoms with E-state index in [2.05, 4.69) is 5.32 Å². The molecule has 2 aromatic rings. The van der Waals surface area contributed by atoms with E-state index in [0.717, 1.165) is 0 Å². The summed E-state index contributed by atoms with van der Waals surface area (Å²) in [5.41, 5.74) is 0.697. The number of hydrogen-bond acceptors (Lipinski definition) is 6. The van der Waals surface area contributed by atoms with E-state index in [9.17, 15) is 19.2 Å². The Balaban J connectivity index is 2.09. The summed E-state index contributed by atoms with van der Waals surface area (Å²) in [6.45, 7) is 0. The van der Waals surface area contributed by atoms with Gasteiger partial charge in [-0.3, -0.25) is 19.0 Å². The van der Waals surface area contributed by atoms with E-state index >= 15 is 0 Å². The fourth-order valence-electron chi connectivity index (χ4n) is 3.58. The van der Waals surface area contributed by atoms with Gasteiger partial charge in [-0.25, -0.2) is 4.79 Å². The number of nitrogens with one attached hydrogen (secondary N) is 1. The van der Waals surface area contributed by atoms with Crippen molar-refractivity contribution in [2.24, 2.45) is 0 Å². The van der Waals surface area contributed by atoms with Crippen LogP contribution in [-0.4, -0.2) is 47.4 Å². The van der Waals surface area contributed by atoms with E-state index in [4.69, 9.17) is 16.3 Å². The molecule has 9 heteroatoms. The molecular weight excluding hydrogens is 440 g/mol. The number of thioether (sulfide) groups is 1. The normalized spacial score (nSPS) is 14.0. The van der Waals surface area contributed by atoms with Crippen molar-refractivity contribution in [2.75, 3.05) is 19.1 Å². The Bertz CT molecular complexity index is 1060. The van der Waals surface area contributed by atoms with E-state index in [-0.39, 0.29) is 11.3 Å². The second-order valence-electron chi connectivity index (χ2n) is 7.14. The second kappa shape index (κ2) is 10.2. The predicted octanol–water partition coefficient (Wildman–Crippen LogP) is 3.03. The maximum Gasteiger partial charge on any atom is 0.328 e. The highest BCUT2D eigenvalue weighted by Crippen LogP contribution is 2.24. The molecule has 1 aromatic carbocycles. The molecule has 1 unspecified atom stereocenters. The maximum absolute atomic E-state index is 13.3. The van der Waals surface area contributed by atoms with Gasteiger partial charge in [0.2, 0.25) is 0 Å². The van der Waals surface area contributed by atoms with E-state index < -0.39 is 23.5 Å². The molecule has 1 aliphatic carbocycles. The van der Waals surface area contributed by atoms with Crippen LogP contribution >= 0.6 is 23.4 Å². The minimum absolute atomic E-state index is 0.120. The van der Waals surface area contributed by atoms with Gasteiger partial charge >= 0.3 is 5.97 Å². The van der Waals surface area contributed by atoms with Crippen molar-refractivity contribution in [2.45, 2.75) is 31.7 Å². The number of carbonyl (C=O) groups is 3. The molecule has 1 N–H and O–H groups in total. The second-order valence-corrected chi connectivity index (χ2v) is 8.56. The summed E-state index contributed by atoms with van der Waals surface area (Å²) in [6.07, 6.45) is 3.76. The number of esters is 1. The van der Waals surface area contributed by atoms with Crippen LogP contribution in [0.1, 0.15) is 45.7 Å². The van der Waals surface area contributed by atoms with Crippen LogP contribution in [0.2, 0.25) is 5.02 Å². The van der Waals surface area contributed by atoms with Gasteiger partial charge in [-0.05, 0) is 61.6 Å². The van der Waals surface area contributed by atoms with Crippen molar-refractivity contribution in [1.82, 2.24) is 9.88 Å². The van der Waals surface area contributed by atoms with Crippen LogP contribution in [0.15, 0.2) is 35.1 Å². The van der Waals surface area contributed by atoms with Crippen molar-refractivity contribution in [1.29, 1.82) is 0 Å². The van der Waals surface area contributed by atoms with Gasteiger partial charge < -0.3 is 10.1 Å². The molecule has 1 atom stereocenters. The summed E-state index contributed by atoms with van der Waals surface area (Å²) in [7, 11) is 1.24. The fraction of sp³-hybridized carbons (Fsp3) is 0.364. The molecule has 1 aliphatic rings. The number of carbonyl (C=O) groups excluding carboxylic acids is 3. The summed E-state index contributed by atoms with van der Waals surface area (Å²) < 4.78 is 6.17. The Morgan fingerprint density at radius 1 is 1.23 bits per heavy atom. The van der Waals surface area contributed by atoms with Crippen LogP contribution in [0, 0.1) is 0 Å². The van der Waals surface area contributed by atoms with Gasteiger partial charge in [0.15, 0.2) is 5.78 Å². The largest absolute Gasteiger partial charge is 0.467 e. The van der Waals surface area contributed by atoms with Gasteiger partial charge in [0, 0.05) is 28.4 Å². The van der Waals surface area contributed by atoms with Crippen molar-refractivity contribution >= 4 is 41.0 Å². The number of fused-ring (bicyclic) bond motifs is 1. The monoisotopic (exact) mass is 462 g/mol. The number of ether oxygens (including phenoxy) is 1. The Kier molecular flexibility index (Phi) is 7.56. The number of hydrogen-bond donors (Lipinski definition) is 1. The molecule has 0 bridgehead atoms. The molecule has 1 heterocycles. The van der Waals surface area contributed by atoms with E-state index in [1.54, 1.807) is 24.3 Å². The molecule has 3 rings (SSSR count). The molecule has 31 heavy (non-hydrogen) atoms. The first-order valence-electron chi connectivity index (χ1n) is 9.83. The number of ketones is 1. The van der Waals surface area contributed by atoms with Gasteiger partial charge in [-0.2, -0.15) is 11.8 Å². The highest BCUT2D eigenvalue weighted by atomic mass is 35.5. The number of aromatic nitrogens is 1. The highest BCUT2D eigenvalue weighted by molar-refractivity contribution is 7.98. The number of Topliss-reactive ketones (excluding diaryl/α,β-unsaturated/α-hetero) is 1. The molecule has 7 nitrogen and oxygen atoms in total. The quantitative estimate of drug-likeness (QED) is 0.635. The third-order valence-electron chi connectivity index (χ3n) is 5.15. The lowest BCUT2D eigenvalue weighted by atomic mass is 9.92. The first-order valence-corrected chi connectivity index (χ1v) is 11.6. The lowest BCUT2D eigenvalue weighted by molar-refractivity contribution is -0.142. The van der Waals surface area contributed by atoms with Crippen LogP contribution in [0.25, 0.3) is 5.69 Å². The fourth-order valence-corrected chi connectivity index (χ4v) is 4.18. The highest BCUT2D eigenvalue weighted by Gasteiger charge is 2.28. The van der Waals surface area contributed by atoms with E-state index in [0.29, 0.717) is 53.4 Å².